The Morgan fingerprint density at radius 3 is 2.43 bits per heavy atom. The van der Waals surface area contributed by atoms with Crippen molar-refractivity contribution in [2.75, 3.05) is 26.3 Å². The summed E-state index contributed by atoms with van der Waals surface area (Å²) in [7, 11) is 0. The van der Waals surface area contributed by atoms with E-state index in [1.807, 2.05) is 0 Å². The molecule has 6 nitrogen and oxygen atoms in total. The predicted molar refractivity (Wildman–Crippen MR) is 80.3 cm³/mol. The highest BCUT2D eigenvalue weighted by Gasteiger charge is 2.41. The molecule has 6 heteroatoms. The Morgan fingerprint density at radius 2 is 1.81 bits per heavy atom. The Morgan fingerprint density at radius 1 is 1.14 bits per heavy atom. The van der Waals surface area contributed by atoms with Gasteiger partial charge in [-0.3, -0.25) is 4.79 Å². The highest BCUT2D eigenvalue weighted by molar-refractivity contribution is 5.78. The maximum Gasteiger partial charge on any atom is 0.314 e. The molecule has 0 aromatic heterocycles. The fraction of sp³-hybridized carbons (Fsp3) is 0.867. The van der Waals surface area contributed by atoms with Crippen molar-refractivity contribution in [3.8, 4) is 0 Å². The molecule has 1 aliphatic rings. The molecule has 0 aromatic carbocycles. The van der Waals surface area contributed by atoms with E-state index < -0.39 is 11.4 Å². The third-order valence-corrected chi connectivity index (χ3v) is 3.99. The first-order valence-electron chi connectivity index (χ1n) is 7.93. The third-order valence-electron chi connectivity index (χ3n) is 3.99. The number of carbonyl (C=O) groups excluding carboxylic acids is 1. The smallest absolute Gasteiger partial charge is 0.314 e. The molecule has 0 atom stereocenters. The van der Waals surface area contributed by atoms with Crippen molar-refractivity contribution < 1.29 is 19.4 Å². The average molecular weight is 300 g/mol. The summed E-state index contributed by atoms with van der Waals surface area (Å²) >= 11 is 0. The molecule has 0 aliphatic heterocycles. The van der Waals surface area contributed by atoms with E-state index in [0.717, 1.165) is 38.7 Å². The van der Waals surface area contributed by atoms with Gasteiger partial charge in [-0.1, -0.05) is 26.2 Å². The second-order valence-electron chi connectivity index (χ2n) is 5.72. The van der Waals surface area contributed by atoms with Crippen molar-refractivity contribution in [3.05, 3.63) is 0 Å². The summed E-state index contributed by atoms with van der Waals surface area (Å²) in [5.41, 5.74) is -0.763. The van der Waals surface area contributed by atoms with Gasteiger partial charge in [-0.2, -0.15) is 0 Å². The Balaban J connectivity index is 2.09. The number of amides is 2. The molecule has 1 rings (SSSR count). The summed E-state index contributed by atoms with van der Waals surface area (Å²) in [6, 6.07) is -0.295. The summed E-state index contributed by atoms with van der Waals surface area (Å²) in [6.45, 7) is 4.27. The van der Waals surface area contributed by atoms with Crippen molar-refractivity contribution in [1.29, 1.82) is 0 Å². The number of aliphatic carboxylic acids is 1. The molecule has 0 bridgehead atoms. The van der Waals surface area contributed by atoms with Crippen LogP contribution in [0, 0.1) is 5.41 Å². The number of carboxylic acids is 1. The summed E-state index contributed by atoms with van der Waals surface area (Å²) in [5.74, 6) is -0.801. The van der Waals surface area contributed by atoms with E-state index in [4.69, 9.17) is 4.74 Å². The maximum atomic E-state index is 11.6. The zero-order valence-electron chi connectivity index (χ0n) is 13.0. The number of hydrogen-bond acceptors (Lipinski definition) is 3. The van der Waals surface area contributed by atoms with Crippen LogP contribution in [0.3, 0.4) is 0 Å². The number of nitrogens with one attached hydrogen (secondary N) is 2. The van der Waals surface area contributed by atoms with Crippen molar-refractivity contribution in [3.63, 3.8) is 0 Å². The lowest BCUT2D eigenvalue weighted by molar-refractivity contribution is -0.148. The molecule has 0 radical (unpaired) electrons. The van der Waals surface area contributed by atoms with Crippen LogP contribution in [0.2, 0.25) is 0 Å². The van der Waals surface area contributed by atoms with Gasteiger partial charge in [0.2, 0.25) is 0 Å². The van der Waals surface area contributed by atoms with Crippen LogP contribution in [0.25, 0.3) is 0 Å². The van der Waals surface area contributed by atoms with Crippen molar-refractivity contribution in [2.24, 2.45) is 5.41 Å². The summed E-state index contributed by atoms with van der Waals surface area (Å²) in [5, 5.41) is 14.7. The lowest BCUT2D eigenvalue weighted by Crippen LogP contribution is -2.45. The molecule has 3 N–H and O–H groups in total. The molecule has 0 spiro atoms. The van der Waals surface area contributed by atoms with E-state index >= 15 is 0 Å². The van der Waals surface area contributed by atoms with Crippen molar-refractivity contribution in [2.45, 2.75) is 51.9 Å². The highest BCUT2D eigenvalue weighted by atomic mass is 16.5. The molecule has 0 unspecified atom stereocenters. The summed E-state index contributed by atoms with van der Waals surface area (Å²) in [4.78, 5) is 23.0. The minimum atomic E-state index is -0.801. The normalized spacial score (nSPS) is 16.6. The Bertz CT molecular complexity index is 328. The van der Waals surface area contributed by atoms with E-state index in [9.17, 15) is 14.7 Å². The Hall–Kier alpha value is -1.30. The zero-order valence-corrected chi connectivity index (χ0v) is 13.0. The molecule has 1 fully saturated rings. The van der Waals surface area contributed by atoms with E-state index in [2.05, 4.69) is 17.6 Å². The first kappa shape index (κ1) is 17.8. The average Bonchev–Trinajstić information content (AvgIpc) is 2.94. The standard InChI is InChI=1S/C15H28N2O4/c1-2-3-10-21-11-6-9-16-14(20)17-12-15(13(18)19)7-4-5-8-15/h2-12H2,1H3,(H,18,19)(H2,16,17,20). The predicted octanol–water partition coefficient (Wildman–Crippen LogP) is 2.14. The molecule has 2 amide bonds. The van der Waals surface area contributed by atoms with Gasteiger partial charge in [-0.05, 0) is 25.7 Å². The monoisotopic (exact) mass is 300 g/mol. The van der Waals surface area contributed by atoms with E-state index in [1.165, 1.54) is 0 Å². The van der Waals surface area contributed by atoms with Gasteiger partial charge < -0.3 is 20.5 Å². The van der Waals surface area contributed by atoms with Crippen LogP contribution < -0.4 is 10.6 Å². The molecule has 1 saturated carbocycles. The molecular formula is C15H28N2O4. The van der Waals surface area contributed by atoms with Gasteiger partial charge in [0.15, 0.2) is 0 Å². The first-order valence-corrected chi connectivity index (χ1v) is 7.93. The molecule has 0 aromatic rings. The minimum Gasteiger partial charge on any atom is -0.481 e. The number of urea groups is 1. The lowest BCUT2D eigenvalue weighted by Gasteiger charge is -2.24. The van der Waals surface area contributed by atoms with E-state index in [0.29, 0.717) is 26.0 Å². The van der Waals surface area contributed by atoms with E-state index in [1.54, 1.807) is 0 Å². The maximum absolute atomic E-state index is 11.6. The van der Waals surface area contributed by atoms with Gasteiger partial charge in [0.25, 0.3) is 0 Å². The lowest BCUT2D eigenvalue weighted by atomic mass is 9.86. The van der Waals surface area contributed by atoms with Gasteiger partial charge in [0, 0.05) is 26.3 Å². The molecule has 1 aliphatic carbocycles. The highest BCUT2D eigenvalue weighted by Crippen LogP contribution is 2.37. The second-order valence-corrected chi connectivity index (χ2v) is 5.72. The first-order chi connectivity index (χ1) is 10.1. The topological polar surface area (TPSA) is 87.7 Å². The van der Waals surface area contributed by atoms with Crippen LogP contribution in [0.5, 0.6) is 0 Å². The van der Waals surface area contributed by atoms with Crippen LogP contribution in [0.15, 0.2) is 0 Å². The van der Waals surface area contributed by atoms with Gasteiger partial charge in [0.05, 0.1) is 5.41 Å². The number of hydrogen-bond donors (Lipinski definition) is 3. The summed E-state index contributed by atoms with van der Waals surface area (Å²) in [6.07, 6.45) is 6.08. The molecule has 21 heavy (non-hydrogen) atoms. The van der Waals surface area contributed by atoms with Crippen LogP contribution in [-0.4, -0.2) is 43.4 Å². The number of unbranched alkanes of at least 4 members (excludes halogenated alkanes) is 1. The Kier molecular flexibility index (Phi) is 8.12. The fourth-order valence-corrected chi connectivity index (χ4v) is 2.55. The van der Waals surface area contributed by atoms with Gasteiger partial charge in [-0.15, -0.1) is 0 Å². The van der Waals surface area contributed by atoms with Gasteiger partial charge in [0.1, 0.15) is 0 Å². The van der Waals surface area contributed by atoms with Gasteiger partial charge in [-0.25, -0.2) is 4.79 Å². The largest absolute Gasteiger partial charge is 0.481 e. The third kappa shape index (κ3) is 6.33. The van der Waals surface area contributed by atoms with Gasteiger partial charge >= 0.3 is 12.0 Å². The number of carbonyl (C=O) groups is 2. The van der Waals surface area contributed by atoms with E-state index in [-0.39, 0.29) is 12.6 Å². The van der Waals surface area contributed by atoms with Crippen LogP contribution in [0.4, 0.5) is 4.79 Å². The van der Waals surface area contributed by atoms with Crippen molar-refractivity contribution >= 4 is 12.0 Å². The molecule has 0 heterocycles. The molecule has 0 saturated heterocycles. The van der Waals surface area contributed by atoms with Crippen LogP contribution >= 0.6 is 0 Å². The number of carboxylic acid groups (broad SMARTS) is 1. The number of ether oxygens (including phenoxy) is 1. The van der Waals surface area contributed by atoms with Crippen LogP contribution in [-0.2, 0) is 9.53 Å². The molecule has 122 valence electrons. The van der Waals surface area contributed by atoms with Crippen LogP contribution in [0.1, 0.15) is 51.9 Å². The second kappa shape index (κ2) is 9.60. The Labute approximate surface area is 126 Å². The van der Waals surface area contributed by atoms with Crippen molar-refractivity contribution in [1.82, 2.24) is 10.6 Å². The number of rotatable bonds is 10. The minimum absolute atomic E-state index is 0.209. The molecular weight excluding hydrogens is 272 g/mol. The summed E-state index contributed by atoms with van der Waals surface area (Å²) < 4.78 is 5.40. The fourth-order valence-electron chi connectivity index (χ4n) is 2.55. The quantitative estimate of drug-likeness (QED) is 0.539. The SMILES string of the molecule is CCCCOCCCNC(=O)NCC1(C(=O)O)CCCC1. The zero-order chi connectivity index (χ0) is 15.6.